The largest absolute Gasteiger partial charge is 0.366 e. The normalized spacial score (nSPS) is 14.2. The highest BCUT2D eigenvalue weighted by molar-refractivity contribution is 7.08. The Balaban J connectivity index is 2.30. The van der Waals surface area contributed by atoms with Crippen LogP contribution in [-0.4, -0.2) is 10.8 Å². The van der Waals surface area contributed by atoms with Crippen LogP contribution >= 0.6 is 11.3 Å². The van der Waals surface area contributed by atoms with Crippen LogP contribution in [0.3, 0.4) is 0 Å². The van der Waals surface area contributed by atoms with Crippen LogP contribution in [0.15, 0.2) is 29.0 Å². The highest BCUT2D eigenvalue weighted by atomic mass is 32.1. The number of nitrogens with zero attached hydrogens (tertiary/aromatic N) is 1. The van der Waals surface area contributed by atoms with Gasteiger partial charge >= 0.3 is 0 Å². The van der Waals surface area contributed by atoms with Crippen LogP contribution in [-0.2, 0) is 0 Å². The van der Waals surface area contributed by atoms with E-state index in [1.54, 1.807) is 12.1 Å². The van der Waals surface area contributed by atoms with E-state index in [9.17, 15) is 14.9 Å². The first-order valence-electron chi connectivity index (χ1n) is 6.23. The summed E-state index contributed by atoms with van der Waals surface area (Å²) in [5, 5.41) is 15.2. The molecule has 20 heavy (non-hydrogen) atoms. The number of amides is 1. The Labute approximate surface area is 119 Å². The van der Waals surface area contributed by atoms with E-state index in [4.69, 9.17) is 5.73 Å². The van der Waals surface area contributed by atoms with Gasteiger partial charge in [0.2, 0.25) is 5.91 Å². The Morgan fingerprint density at radius 2 is 2.10 bits per heavy atom. The number of rotatable bonds is 4. The number of hydrogen-bond acceptors (Lipinski definition) is 4. The Kier molecular flexibility index (Phi) is 3.02. The monoisotopic (exact) mass is 288 g/mol. The number of carbonyl (C=O) groups excluding carboxylic acids is 1. The van der Waals surface area contributed by atoms with Crippen molar-refractivity contribution in [3.63, 3.8) is 0 Å². The van der Waals surface area contributed by atoms with Crippen molar-refractivity contribution in [1.29, 1.82) is 0 Å². The maximum absolute atomic E-state index is 11.5. The second-order valence-electron chi connectivity index (χ2n) is 4.83. The number of thiophene rings is 1. The standard InChI is InChI=1S/C14H12N2O3S/c15-14(17)11-4-3-10(9-5-6-20-7-9)13(16(18)19)12(11)8-1-2-8/h3-8H,1-2H2,(H2,15,17). The van der Waals surface area contributed by atoms with Crippen LogP contribution in [0.25, 0.3) is 11.1 Å². The van der Waals surface area contributed by atoms with Gasteiger partial charge in [-0.3, -0.25) is 14.9 Å². The Hall–Kier alpha value is -2.21. The van der Waals surface area contributed by atoms with Crippen molar-refractivity contribution in [2.45, 2.75) is 18.8 Å². The molecule has 102 valence electrons. The molecule has 0 saturated heterocycles. The number of carbonyl (C=O) groups is 1. The number of hydrogen-bond donors (Lipinski definition) is 1. The van der Waals surface area contributed by atoms with Gasteiger partial charge in [-0.15, -0.1) is 0 Å². The molecule has 1 aliphatic carbocycles. The smallest absolute Gasteiger partial charge is 0.281 e. The first kappa shape index (κ1) is 12.8. The lowest BCUT2D eigenvalue weighted by atomic mass is 9.94. The topological polar surface area (TPSA) is 86.2 Å². The van der Waals surface area contributed by atoms with Crippen molar-refractivity contribution < 1.29 is 9.72 Å². The maximum Gasteiger partial charge on any atom is 0.281 e. The van der Waals surface area contributed by atoms with Crippen LogP contribution in [0.5, 0.6) is 0 Å². The average Bonchev–Trinajstić information content (AvgIpc) is 3.11. The van der Waals surface area contributed by atoms with Crippen molar-refractivity contribution in [3.05, 3.63) is 50.2 Å². The zero-order chi connectivity index (χ0) is 14.3. The van der Waals surface area contributed by atoms with Gasteiger partial charge in [0.1, 0.15) is 0 Å². The molecule has 1 amide bonds. The molecule has 1 aromatic carbocycles. The van der Waals surface area contributed by atoms with Gasteiger partial charge in [0.15, 0.2) is 0 Å². The summed E-state index contributed by atoms with van der Waals surface area (Å²) in [4.78, 5) is 22.6. The van der Waals surface area contributed by atoms with Crippen molar-refractivity contribution in [2.75, 3.05) is 0 Å². The van der Waals surface area contributed by atoms with Gasteiger partial charge in [0.05, 0.1) is 10.5 Å². The molecular formula is C14H12N2O3S. The maximum atomic E-state index is 11.5. The third-order valence-corrected chi connectivity index (χ3v) is 4.17. The van der Waals surface area contributed by atoms with Gasteiger partial charge in [0.25, 0.3) is 5.69 Å². The highest BCUT2D eigenvalue weighted by Crippen LogP contribution is 2.48. The van der Waals surface area contributed by atoms with Crippen molar-refractivity contribution >= 4 is 22.9 Å². The first-order valence-corrected chi connectivity index (χ1v) is 7.17. The van der Waals surface area contributed by atoms with Gasteiger partial charge in [-0.2, -0.15) is 11.3 Å². The molecule has 0 radical (unpaired) electrons. The molecule has 1 aromatic heterocycles. The SMILES string of the molecule is NC(=O)c1ccc(-c2ccsc2)c([N+](=O)[O-])c1C1CC1. The Morgan fingerprint density at radius 3 is 2.60 bits per heavy atom. The number of nitrogens with two attached hydrogens (primary N) is 1. The van der Waals surface area contributed by atoms with Gasteiger partial charge < -0.3 is 5.73 Å². The molecule has 1 aliphatic rings. The zero-order valence-electron chi connectivity index (χ0n) is 10.5. The van der Waals surface area contributed by atoms with E-state index in [0.29, 0.717) is 11.1 Å². The molecule has 0 aliphatic heterocycles. The fourth-order valence-electron chi connectivity index (χ4n) is 2.46. The molecule has 2 N–H and O–H groups in total. The molecule has 6 heteroatoms. The van der Waals surface area contributed by atoms with E-state index >= 15 is 0 Å². The van der Waals surface area contributed by atoms with Crippen molar-refractivity contribution in [1.82, 2.24) is 0 Å². The molecule has 0 unspecified atom stereocenters. The molecule has 3 rings (SSSR count). The number of nitro groups is 1. The van der Waals surface area contributed by atoms with E-state index in [2.05, 4.69) is 0 Å². The van der Waals surface area contributed by atoms with Crippen LogP contribution < -0.4 is 5.73 Å². The lowest BCUT2D eigenvalue weighted by Gasteiger charge is -2.10. The summed E-state index contributed by atoms with van der Waals surface area (Å²) in [6.45, 7) is 0. The predicted molar refractivity (Wildman–Crippen MR) is 76.9 cm³/mol. The summed E-state index contributed by atoms with van der Waals surface area (Å²) in [6, 6.07) is 5.07. The lowest BCUT2D eigenvalue weighted by molar-refractivity contribution is -0.384. The Bertz CT molecular complexity index is 691. The molecule has 0 spiro atoms. The van der Waals surface area contributed by atoms with Crippen molar-refractivity contribution in [3.8, 4) is 11.1 Å². The van der Waals surface area contributed by atoms with Crippen molar-refractivity contribution in [2.24, 2.45) is 5.73 Å². The zero-order valence-corrected chi connectivity index (χ0v) is 11.4. The first-order chi connectivity index (χ1) is 9.59. The predicted octanol–water partition coefficient (Wildman–Crippen LogP) is 3.30. The highest BCUT2D eigenvalue weighted by Gasteiger charge is 2.36. The molecular weight excluding hydrogens is 276 g/mol. The fourth-order valence-corrected chi connectivity index (χ4v) is 3.11. The van der Waals surface area contributed by atoms with E-state index < -0.39 is 10.8 Å². The van der Waals surface area contributed by atoms with Gasteiger partial charge in [0, 0.05) is 11.1 Å². The van der Waals surface area contributed by atoms with Gasteiger partial charge in [-0.1, -0.05) is 0 Å². The van der Waals surface area contributed by atoms with E-state index in [-0.39, 0.29) is 17.2 Å². The van der Waals surface area contributed by atoms with E-state index in [1.165, 1.54) is 11.3 Å². The molecule has 1 heterocycles. The molecule has 1 saturated carbocycles. The summed E-state index contributed by atoms with van der Waals surface area (Å²) >= 11 is 1.48. The summed E-state index contributed by atoms with van der Waals surface area (Å²) < 4.78 is 0. The minimum absolute atomic E-state index is 0.0298. The number of primary amides is 1. The van der Waals surface area contributed by atoms with E-state index in [1.807, 2.05) is 16.8 Å². The lowest BCUT2D eigenvalue weighted by Crippen LogP contribution is -2.15. The summed E-state index contributed by atoms with van der Waals surface area (Å²) in [7, 11) is 0. The summed E-state index contributed by atoms with van der Waals surface area (Å²) in [6.07, 6.45) is 1.74. The summed E-state index contributed by atoms with van der Waals surface area (Å²) in [5.41, 5.74) is 7.53. The van der Waals surface area contributed by atoms with Crippen LogP contribution in [0.1, 0.15) is 34.7 Å². The van der Waals surface area contributed by atoms with E-state index in [0.717, 1.165) is 18.4 Å². The quantitative estimate of drug-likeness (QED) is 0.691. The van der Waals surface area contributed by atoms with Crippen LogP contribution in [0.2, 0.25) is 0 Å². The average molecular weight is 288 g/mol. The fraction of sp³-hybridized carbons (Fsp3) is 0.214. The Morgan fingerprint density at radius 1 is 1.35 bits per heavy atom. The molecule has 0 atom stereocenters. The third kappa shape index (κ3) is 2.08. The number of benzene rings is 1. The molecule has 0 bridgehead atoms. The molecule has 1 fully saturated rings. The van der Waals surface area contributed by atoms with Gasteiger partial charge in [-0.25, -0.2) is 0 Å². The van der Waals surface area contributed by atoms with Crippen LogP contribution in [0.4, 0.5) is 5.69 Å². The second kappa shape index (κ2) is 4.72. The molecule has 5 nitrogen and oxygen atoms in total. The second-order valence-corrected chi connectivity index (χ2v) is 5.61. The third-order valence-electron chi connectivity index (χ3n) is 3.48. The minimum atomic E-state index is -0.605. The minimum Gasteiger partial charge on any atom is -0.366 e. The van der Waals surface area contributed by atoms with Gasteiger partial charge in [-0.05, 0) is 53.3 Å². The number of nitro benzene ring substituents is 1. The summed E-state index contributed by atoms with van der Waals surface area (Å²) in [5.74, 6) is -0.525. The van der Waals surface area contributed by atoms with Crippen LogP contribution in [0, 0.1) is 10.1 Å². The molecule has 2 aromatic rings.